The molecular weight excluding hydrogens is 230 g/mol. The minimum absolute atomic E-state index is 0.129. The minimum Gasteiger partial charge on any atom is -0.496 e. The van der Waals surface area contributed by atoms with Gasteiger partial charge in [0, 0.05) is 25.2 Å². The number of nitrogens with one attached hydrogen (secondary N) is 1. The number of hydrogen-bond acceptors (Lipinski definition) is 4. The summed E-state index contributed by atoms with van der Waals surface area (Å²) in [6.07, 6.45) is 3.09. The first kappa shape index (κ1) is 13.8. The Balaban J connectivity index is 3.25. The molecule has 0 fully saturated rings. The summed E-state index contributed by atoms with van der Waals surface area (Å²) < 4.78 is 5.27. The highest BCUT2D eigenvalue weighted by Crippen LogP contribution is 2.23. The van der Waals surface area contributed by atoms with Gasteiger partial charge in [-0.05, 0) is 30.5 Å². The first-order chi connectivity index (χ1) is 8.62. The zero-order chi connectivity index (χ0) is 13.5. The topological polar surface area (TPSA) is 76.7 Å². The maximum atomic E-state index is 11.0. The van der Waals surface area contributed by atoms with Crippen molar-refractivity contribution in [2.45, 2.75) is 6.92 Å². The smallest absolute Gasteiger partial charge is 0.221 e. The summed E-state index contributed by atoms with van der Waals surface area (Å²) in [5.74, 6) is 0.540. The van der Waals surface area contributed by atoms with Gasteiger partial charge in [-0.1, -0.05) is 0 Å². The highest BCUT2D eigenvalue weighted by molar-refractivity contribution is 6.11. The van der Waals surface area contributed by atoms with E-state index in [2.05, 4.69) is 10.3 Å². The van der Waals surface area contributed by atoms with Crippen molar-refractivity contribution in [2.75, 3.05) is 19.5 Å². The van der Waals surface area contributed by atoms with Gasteiger partial charge in [-0.2, -0.15) is 0 Å². The van der Waals surface area contributed by atoms with Crippen molar-refractivity contribution >= 4 is 17.3 Å². The van der Waals surface area contributed by atoms with Crippen molar-refractivity contribution in [3.05, 3.63) is 36.0 Å². The first-order valence-corrected chi connectivity index (χ1v) is 5.43. The standard InChI is InChI=1S/C13H17N3O2/c1-9(17)16-10-4-5-13(18-3)11(8-10)12(15-2)6-7-14/h4-8H,14H2,1-3H3,(H,16,17). The Morgan fingerprint density at radius 2 is 2.22 bits per heavy atom. The lowest BCUT2D eigenvalue weighted by molar-refractivity contribution is -0.114. The van der Waals surface area contributed by atoms with Gasteiger partial charge in [-0.25, -0.2) is 0 Å². The number of allylic oxidation sites excluding steroid dienone is 1. The number of anilines is 1. The molecule has 1 rings (SSSR count). The van der Waals surface area contributed by atoms with E-state index in [1.165, 1.54) is 13.1 Å². The number of hydrogen-bond donors (Lipinski definition) is 2. The van der Waals surface area contributed by atoms with Crippen molar-refractivity contribution in [1.82, 2.24) is 0 Å². The van der Waals surface area contributed by atoms with Crippen molar-refractivity contribution in [1.29, 1.82) is 0 Å². The number of carbonyl (C=O) groups is 1. The summed E-state index contributed by atoms with van der Waals surface area (Å²) in [5.41, 5.74) is 7.52. The molecule has 1 aromatic rings. The van der Waals surface area contributed by atoms with Crippen LogP contribution in [0.25, 0.3) is 0 Å². The lowest BCUT2D eigenvalue weighted by Gasteiger charge is -2.11. The van der Waals surface area contributed by atoms with Gasteiger partial charge in [0.1, 0.15) is 5.75 Å². The quantitative estimate of drug-likeness (QED) is 0.792. The number of nitrogens with two attached hydrogens (primary N) is 1. The van der Waals surface area contributed by atoms with Crippen molar-refractivity contribution in [2.24, 2.45) is 10.7 Å². The van der Waals surface area contributed by atoms with E-state index in [1.807, 2.05) is 0 Å². The third-order valence-corrected chi connectivity index (χ3v) is 2.29. The number of rotatable bonds is 4. The molecule has 0 spiro atoms. The second-order valence-corrected chi connectivity index (χ2v) is 3.56. The molecule has 0 heterocycles. The molecule has 5 heteroatoms. The van der Waals surface area contributed by atoms with Crippen molar-refractivity contribution < 1.29 is 9.53 Å². The average molecular weight is 247 g/mol. The van der Waals surface area contributed by atoms with E-state index in [-0.39, 0.29) is 5.91 Å². The van der Waals surface area contributed by atoms with Crippen LogP contribution in [-0.4, -0.2) is 25.8 Å². The highest BCUT2D eigenvalue weighted by Gasteiger charge is 2.09. The molecule has 0 saturated carbocycles. The van der Waals surface area contributed by atoms with E-state index in [9.17, 15) is 4.79 Å². The summed E-state index contributed by atoms with van der Waals surface area (Å²) in [4.78, 5) is 15.2. The number of amides is 1. The molecule has 0 atom stereocenters. The van der Waals surface area contributed by atoms with Crippen LogP contribution in [0.15, 0.2) is 35.5 Å². The van der Waals surface area contributed by atoms with E-state index in [0.717, 1.165) is 5.56 Å². The Kier molecular flexibility index (Phi) is 4.92. The second kappa shape index (κ2) is 6.44. The summed E-state index contributed by atoms with van der Waals surface area (Å²) in [7, 11) is 3.25. The van der Waals surface area contributed by atoms with E-state index in [1.54, 1.807) is 38.4 Å². The molecule has 3 N–H and O–H groups in total. The minimum atomic E-state index is -0.129. The van der Waals surface area contributed by atoms with E-state index in [0.29, 0.717) is 17.1 Å². The van der Waals surface area contributed by atoms with Crippen LogP contribution in [0.5, 0.6) is 5.75 Å². The predicted octanol–water partition coefficient (Wildman–Crippen LogP) is 1.54. The molecule has 0 aromatic heterocycles. The van der Waals surface area contributed by atoms with Gasteiger partial charge < -0.3 is 15.8 Å². The lowest BCUT2D eigenvalue weighted by atomic mass is 10.1. The Morgan fingerprint density at radius 1 is 1.50 bits per heavy atom. The van der Waals surface area contributed by atoms with E-state index in [4.69, 9.17) is 10.5 Å². The van der Waals surface area contributed by atoms with Gasteiger partial charge in [0.15, 0.2) is 0 Å². The number of ether oxygens (including phenoxy) is 1. The molecule has 18 heavy (non-hydrogen) atoms. The van der Waals surface area contributed by atoms with E-state index < -0.39 is 0 Å². The van der Waals surface area contributed by atoms with Crippen LogP contribution < -0.4 is 15.8 Å². The summed E-state index contributed by atoms with van der Waals surface area (Å²) in [5, 5.41) is 2.71. The molecule has 0 radical (unpaired) electrons. The van der Waals surface area contributed by atoms with Crippen molar-refractivity contribution in [3.63, 3.8) is 0 Å². The van der Waals surface area contributed by atoms with E-state index >= 15 is 0 Å². The maximum absolute atomic E-state index is 11.0. The predicted molar refractivity (Wildman–Crippen MR) is 73.1 cm³/mol. The number of methoxy groups -OCH3 is 1. The largest absolute Gasteiger partial charge is 0.496 e. The highest BCUT2D eigenvalue weighted by atomic mass is 16.5. The number of benzene rings is 1. The third kappa shape index (κ3) is 3.35. The normalized spacial score (nSPS) is 11.6. The van der Waals surface area contributed by atoms with Crippen LogP contribution in [0.1, 0.15) is 12.5 Å². The zero-order valence-corrected chi connectivity index (χ0v) is 10.7. The fourth-order valence-electron chi connectivity index (χ4n) is 1.57. The van der Waals surface area contributed by atoms with Crippen LogP contribution in [0.3, 0.4) is 0 Å². The number of nitrogens with zero attached hydrogens (tertiary/aromatic N) is 1. The van der Waals surface area contributed by atoms with Gasteiger partial charge in [-0.3, -0.25) is 9.79 Å². The second-order valence-electron chi connectivity index (χ2n) is 3.56. The Bertz CT molecular complexity index is 493. The van der Waals surface area contributed by atoms with Crippen LogP contribution in [0.4, 0.5) is 5.69 Å². The molecule has 5 nitrogen and oxygen atoms in total. The average Bonchev–Trinajstić information content (AvgIpc) is 2.35. The van der Waals surface area contributed by atoms with Gasteiger partial charge in [0.25, 0.3) is 0 Å². The fraction of sp³-hybridized carbons (Fsp3) is 0.231. The SMILES string of the molecule is CN=C(C=CN)c1cc(NC(C)=O)ccc1OC. The van der Waals surface area contributed by atoms with Gasteiger partial charge >= 0.3 is 0 Å². The van der Waals surface area contributed by atoms with Gasteiger partial charge in [-0.15, -0.1) is 0 Å². The molecule has 1 aromatic carbocycles. The molecule has 0 bridgehead atoms. The van der Waals surface area contributed by atoms with Crippen LogP contribution >= 0.6 is 0 Å². The molecule has 0 unspecified atom stereocenters. The summed E-state index contributed by atoms with van der Waals surface area (Å²) in [6.45, 7) is 1.46. The fourth-order valence-corrected chi connectivity index (χ4v) is 1.57. The van der Waals surface area contributed by atoms with Crippen LogP contribution in [-0.2, 0) is 4.79 Å². The Hall–Kier alpha value is -2.30. The number of carbonyl (C=O) groups excluding carboxylic acids is 1. The Labute approximate surface area is 106 Å². The maximum Gasteiger partial charge on any atom is 0.221 e. The molecule has 0 aliphatic rings. The third-order valence-electron chi connectivity index (χ3n) is 2.29. The lowest BCUT2D eigenvalue weighted by Crippen LogP contribution is -2.08. The molecule has 96 valence electrons. The monoisotopic (exact) mass is 247 g/mol. The molecule has 0 saturated heterocycles. The molecule has 0 aliphatic heterocycles. The summed E-state index contributed by atoms with van der Waals surface area (Å²) >= 11 is 0. The molecular formula is C13H17N3O2. The molecule has 0 aliphatic carbocycles. The Morgan fingerprint density at radius 3 is 2.72 bits per heavy atom. The first-order valence-electron chi connectivity index (χ1n) is 5.43. The van der Waals surface area contributed by atoms with Gasteiger partial charge in [0.2, 0.25) is 5.91 Å². The van der Waals surface area contributed by atoms with Crippen LogP contribution in [0, 0.1) is 0 Å². The van der Waals surface area contributed by atoms with Crippen LogP contribution in [0.2, 0.25) is 0 Å². The van der Waals surface area contributed by atoms with Gasteiger partial charge in [0.05, 0.1) is 12.8 Å². The number of aliphatic imine (C=N–C) groups is 1. The van der Waals surface area contributed by atoms with Crippen molar-refractivity contribution in [3.8, 4) is 5.75 Å². The summed E-state index contributed by atoms with van der Waals surface area (Å²) in [6, 6.07) is 5.34. The molecule has 1 amide bonds. The zero-order valence-electron chi connectivity index (χ0n) is 10.7.